The van der Waals surface area contributed by atoms with Gasteiger partial charge in [0.1, 0.15) is 5.75 Å². The van der Waals surface area contributed by atoms with Crippen molar-refractivity contribution in [1.29, 1.82) is 0 Å². The lowest BCUT2D eigenvalue weighted by Gasteiger charge is -2.36. The fourth-order valence-corrected chi connectivity index (χ4v) is 2.95. The molecule has 112 valence electrons. The van der Waals surface area contributed by atoms with Gasteiger partial charge in [-0.05, 0) is 51.2 Å². The molecule has 20 heavy (non-hydrogen) atoms. The van der Waals surface area contributed by atoms with E-state index in [-0.39, 0.29) is 6.61 Å². The zero-order valence-corrected chi connectivity index (χ0v) is 12.8. The van der Waals surface area contributed by atoms with E-state index in [1.165, 1.54) is 19.4 Å². The average molecular weight is 278 g/mol. The van der Waals surface area contributed by atoms with E-state index in [1.54, 1.807) is 7.11 Å². The topological polar surface area (TPSA) is 35.9 Å². The third-order valence-corrected chi connectivity index (χ3v) is 4.17. The molecule has 1 aliphatic rings. The standard InChI is InChI=1S/C16H26N2O2/c1-17-8-4-5-15(11-17)18(2)10-14-9-13(12-19)6-7-16(14)20-3/h6-7,9,15,19H,4-5,8,10-12H2,1-3H3. The summed E-state index contributed by atoms with van der Waals surface area (Å²) in [4.78, 5) is 4.79. The Morgan fingerprint density at radius 1 is 1.45 bits per heavy atom. The van der Waals surface area contributed by atoms with E-state index in [2.05, 4.69) is 23.9 Å². The zero-order valence-electron chi connectivity index (χ0n) is 12.8. The summed E-state index contributed by atoms with van der Waals surface area (Å²) >= 11 is 0. The van der Waals surface area contributed by atoms with Crippen molar-refractivity contribution in [3.05, 3.63) is 29.3 Å². The molecule has 0 radical (unpaired) electrons. The molecular formula is C16H26N2O2. The Labute approximate surface area is 122 Å². The maximum Gasteiger partial charge on any atom is 0.123 e. The van der Waals surface area contributed by atoms with Crippen molar-refractivity contribution >= 4 is 0 Å². The molecule has 1 saturated heterocycles. The molecule has 0 amide bonds. The minimum atomic E-state index is 0.0763. The summed E-state index contributed by atoms with van der Waals surface area (Å²) in [7, 11) is 6.06. The lowest BCUT2D eigenvalue weighted by Crippen LogP contribution is -2.44. The van der Waals surface area contributed by atoms with Crippen LogP contribution >= 0.6 is 0 Å². The van der Waals surface area contributed by atoms with Gasteiger partial charge >= 0.3 is 0 Å². The molecule has 0 saturated carbocycles. The van der Waals surface area contributed by atoms with Gasteiger partial charge in [-0.25, -0.2) is 0 Å². The first-order chi connectivity index (χ1) is 9.63. The molecular weight excluding hydrogens is 252 g/mol. The molecule has 1 aliphatic heterocycles. The van der Waals surface area contributed by atoms with Crippen molar-refractivity contribution in [2.24, 2.45) is 0 Å². The van der Waals surface area contributed by atoms with E-state index in [0.717, 1.165) is 30.0 Å². The first kappa shape index (κ1) is 15.3. The Bertz CT molecular complexity index is 436. The Hall–Kier alpha value is -1.10. The Balaban J connectivity index is 2.07. The summed E-state index contributed by atoms with van der Waals surface area (Å²) in [6.45, 7) is 3.26. The number of hydrogen-bond acceptors (Lipinski definition) is 4. The molecule has 0 aliphatic carbocycles. The van der Waals surface area contributed by atoms with Gasteiger partial charge in [0, 0.05) is 24.7 Å². The van der Waals surface area contributed by atoms with Gasteiger partial charge in [-0.3, -0.25) is 4.90 Å². The van der Waals surface area contributed by atoms with Gasteiger partial charge < -0.3 is 14.7 Å². The van der Waals surface area contributed by atoms with Crippen molar-refractivity contribution in [1.82, 2.24) is 9.80 Å². The van der Waals surface area contributed by atoms with E-state index in [4.69, 9.17) is 4.74 Å². The monoisotopic (exact) mass is 278 g/mol. The van der Waals surface area contributed by atoms with Gasteiger partial charge in [-0.2, -0.15) is 0 Å². The van der Waals surface area contributed by atoms with Crippen LogP contribution in [0.3, 0.4) is 0 Å². The molecule has 2 rings (SSSR count). The van der Waals surface area contributed by atoms with Crippen LogP contribution in [0.4, 0.5) is 0 Å². The normalized spacial score (nSPS) is 20.4. The number of ether oxygens (including phenoxy) is 1. The highest BCUT2D eigenvalue weighted by atomic mass is 16.5. The van der Waals surface area contributed by atoms with Crippen molar-refractivity contribution in [2.75, 3.05) is 34.3 Å². The molecule has 0 aromatic heterocycles. The number of aliphatic hydroxyl groups is 1. The summed E-state index contributed by atoms with van der Waals surface area (Å²) in [5.41, 5.74) is 2.09. The maximum absolute atomic E-state index is 9.28. The Morgan fingerprint density at radius 2 is 2.25 bits per heavy atom. The van der Waals surface area contributed by atoms with Crippen LogP contribution in [-0.2, 0) is 13.2 Å². The second-order valence-electron chi connectivity index (χ2n) is 5.78. The van der Waals surface area contributed by atoms with E-state index in [1.807, 2.05) is 18.2 Å². The van der Waals surface area contributed by atoms with Crippen LogP contribution in [0.15, 0.2) is 18.2 Å². The summed E-state index contributed by atoms with van der Waals surface area (Å²) in [6, 6.07) is 6.50. The van der Waals surface area contributed by atoms with Crippen LogP contribution in [0.25, 0.3) is 0 Å². The SMILES string of the molecule is COc1ccc(CO)cc1CN(C)C1CCCN(C)C1. The van der Waals surface area contributed by atoms with Crippen LogP contribution in [0, 0.1) is 0 Å². The number of piperidine rings is 1. The number of hydrogen-bond donors (Lipinski definition) is 1. The molecule has 1 atom stereocenters. The number of rotatable bonds is 5. The number of likely N-dealkylation sites (tertiary alicyclic amines) is 1. The highest BCUT2D eigenvalue weighted by Gasteiger charge is 2.21. The number of nitrogens with zero attached hydrogens (tertiary/aromatic N) is 2. The highest BCUT2D eigenvalue weighted by Crippen LogP contribution is 2.23. The Kier molecular flexibility index (Phi) is 5.40. The predicted molar refractivity (Wildman–Crippen MR) is 80.9 cm³/mol. The van der Waals surface area contributed by atoms with E-state index in [0.29, 0.717) is 6.04 Å². The molecule has 0 bridgehead atoms. The largest absolute Gasteiger partial charge is 0.496 e. The van der Waals surface area contributed by atoms with Crippen LogP contribution < -0.4 is 4.74 Å². The first-order valence-corrected chi connectivity index (χ1v) is 7.29. The number of aliphatic hydroxyl groups excluding tert-OH is 1. The molecule has 1 N–H and O–H groups in total. The molecule has 1 heterocycles. The first-order valence-electron chi connectivity index (χ1n) is 7.29. The fraction of sp³-hybridized carbons (Fsp3) is 0.625. The van der Waals surface area contributed by atoms with Gasteiger partial charge in [0.15, 0.2) is 0 Å². The molecule has 1 aromatic carbocycles. The lowest BCUT2D eigenvalue weighted by atomic mass is 10.0. The van der Waals surface area contributed by atoms with E-state index >= 15 is 0 Å². The Morgan fingerprint density at radius 3 is 2.90 bits per heavy atom. The maximum atomic E-state index is 9.28. The third-order valence-electron chi connectivity index (χ3n) is 4.17. The minimum Gasteiger partial charge on any atom is -0.496 e. The van der Waals surface area contributed by atoms with Crippen LogP contribution in [-0.4, -0.2) is 55.2 Å². The fourth-order valence-electron chi connectivity index (χ4n) is 2.95. The molecule has 1 unspecified atom stereocenters. The summed E-state index contributed by atoms with van der Waals surface area (Å²) in [5.74, 6) is 0.901. The molecule has 4 heteroatoms. The number of benzene rings is 1. The van der Waals surface area contributed by atoms with Crippen LogP contribution in [0.1, 0.15) is 24.0 Å². The zero-order chi connectivity index (χ0) is 14.5. The van der Waals surface area contributed by atoms with Gasteiger partial charge in [0.25, 0.3) is 0 Å². The lowest BCUT2D eigenvalue weighted by molar-refractivity contribution is 0.128. The number of likely N-dealkylation sites (N-methyl/N-ethyl adjacent to an activating group) is 2. The number of methoxy groups -OCH3 is 1. The smallest absolute Gasteiger partial charge is 0.123 e. The second kappa shape index (κ2) is 7.07. The van der Waals surface area contributed by atoms with E-state index < -0.39 is 0 Å². The second-order valence-corrected chi connectivity index (χ2v) is 5.78. The van der Waals surface area contributed by atoms with Crippen molar-refractivity contribution in [2.45, 2.75) is 32.0 Å². The minimum absolute atomic E-state index is 0.0763. The highest BCUT2D eigenvalue weighted by molar-refractivity contribution is 5.37. The predicted octanol–water partition coefficient (Wildman–Crippen LogP) is 1.71. The van der Waals surface area contributed by atoms with Crippen LogP contribution in [0.5, 0.6) is 5.75 Å². The molecule has 1 fully saturated rings. The van der Waals surface area contributed by atoms with Gasteiger partial charge in [0.2, 0.25) is 0 Å². The summed E-state index contributed by atoms with van der Waals surface area (Å²) < 4.78 is 5.44. The van der Waals surface area contributed by atoms with Gasteiger partial charge in [-0.1, -0.05) is 6.07 Å². The van der Waals surface area contributed by atoms with Crippen molar-refractivity contribution in [3.63, 3.8) is 0 Å². The molecule has 1 aromatic rings. The summed E-state index contributed by atoms with van der Waals surface area (Å²) in [5, 5.41) is 9.28. The molecule has 4 nitrogen and oxygen atoms in total. The van der Waals surface area contributed by atoms with Crippen molar-refractivity contribution < 1.29 is 9.84 Å². The third kappa shape index (κ3) is 3.72. The average Bonchev–Trinajstić information content (AvgIpc) is 2.47. The van der Waals surface area contributed by atoms with Crippen LogP contribution in [0.2, 0.25) is 0 Å². The molecule has 0 spiro atoms. The quantitative estimate of drug-likeness (QED) is 0.889. The van der Waals surface area contributed by atoms with Gasteiger partial charge in [-0.15, -0.1) is 0 Å². The summed E-state index contributed by atoms with van der Waals surface area (Å²) in [6.07, 6.45) is 2.52. The van der Waals surface area contributed by atoms with Crippen molar-refractivity contribution in [3.8, 4) is 5.75 Å². The van der Waals surface area contributed by atoms with Gasteiger partial charge in [0.05, 0.1) is 13.7 Å². The van der Waals surface area contributed by atoms with E-state index in [9.17, 15) is 5.11 Å².